The number of anilines is 1. The summed E-state index contributed by atoms with van der Waals surface area (Å²) in [6.45, 7) is 4.16. The molecule has 1 aromatic heterocycles. The molecule has 0 radical (unpaired) electrons. The van der Waals surface area contributed by atoms with Crippen LogP contribution in [0, 0.1) is 11.6 Å². The first-order valence-electron chi connectivity index (χ1n) is 16.8. The third kappa shape index (κ3) is 4.25. The molecule has 5 atom stereocenters. The summed E-state index contributed by atoms with van der Waals surface area (Å²) in [5.74, 6) is -0.231. The van der Waals surface area contributed by atoms with Crippen molar-refractivity contribution in [2.45, 2.75) is 88.1 Å². The fraction of sp³-hybridized carbons (Fsp3) is 0.500. The van der Waals surface area contributed by atoms with Crippen LogP contribution >= 0.6 is 0 Å². The average molecular weight is 630 g/mol. The van der Waals surface area contributed by atoms with Gasteiger partial charge in [-0.05, 0) is 103 Å². The maximum absolute atomic E-state index is 17.2. The molecule has 240 valence electrons. The van der Waals surface area contributed by atoms with E-state index in [9.17, 15) is 9.50 Å². The maximum atomic E-state index is 17.2. The normalized spacial score (nSPS) is 28.6. The zero-order valence-electron chi connectivity index (χ0n) is 26.0. The van der Waals surface area contributed by atoms with Gasteiger partial charge in [0.25, 0.3) is 0 Å². The number of hydrogen-bond acceptors (Lipinski definition) is 7. The monoisotopic (exact) mass is 629 g/mol. The van der Waals surface area contributed by atoms with Gasteiger partial charge in [0.2, 0.25) is 0 Å². The number of fused-ring (bicyclic) bond motifs is 7. The number of ether oxygens (including phenoxy) is 1. The number of halogens is 3. The molecule has 10 heteroatoms. The van der Waals surface area contributed by atoms with E-state index < -0.39 is 17.5 Å². The largest absolute Gasteiger partial charge is 0.508 e. The lowest BCUT2D eigenvalue weighted by molar-refractivity contribution is 0.107. The molecule has 2 N–H and O–H groups in total. The van der Waals surface area contributed by atoms with Crippen LogP contribution in [-0.4, -0.2) is 76.1 Å². The van der Waals surface area contributed by atoms with Crippen LogP contribution in [0.1, 0.15) is 56.6 Å². The van der Waals surface area contributed by atoms with Crippen LogP contribution in [0.5, 0.6) is 11.8 Å². The number of aryl methyl sites for hydroxylation is 2. The quantitative estimate of drug-likeness (QED) is 0.272. The van der Waals surface area contributed by atoms with Crippen LogP contribution in [0.4, 0.5) is 19.0 Å². The first-order chi connectivity index (χ1) is 22.3. The lowest BCUT2D eigenvalue weighted by atomic mass is 9.90. The van der Waals surface area contributed by atoms with Crippen LogP contribution in [0.15, 0.2) is 30.3 Å². The molecule has 3 aromatic carbocycles. The first kappa shape index (κ1) is 28.6. The van der Waals surface area contributed by atoms with Gasteiger partial charge in [-0.1, -0.05) is 13.0 Å². The van der Waals surface area contributed by atoms with Gasteiger partial charge >= 0.3 is 6.01 Å². The number of alkyl halides is 1. The lowest BCUT2D eigenvalue weighted by Crippen LogP contribution is -2.58. The Morgan fingerprint density at radius 3 is 2.83 bits per heavy atom. The Kier molecular flexibility index (Phi) is 6.49. The fourth-order valence-corrected chi connectivity index (χ4v) is 9.48. The zero-order valence-corrected chi connectivity index (χ0v) is 26.0. The summed E-state index contributed by atoms with van der Waals surface area (Å²) in [7, 11) is 0. The number of phenols is 1. The van der Waals surface area contributed by atoms with Gasteiger partial charge in [-0.15, -0.1) is 0 Å². The van der Waals surface area contributed by atoms with Crippen molar-refractivity contribution in [3.63, 3.8) is 0 Å². The molecule has 0 saturated carbocycles. The van der Waals surface area contributed by atoms with E-state index in [1.807, 2.05) is 13.0 Å². The van der Waals surface area contributed by atoms with Crippen LogP contribution < -0.4 is 15.0 Å². The molecule has 6 heterocycles. The molecule has 0 unspecified atom stereocenters. The molecule has 46 heavy (non-hydrogen) atoms. The molecule has 4 aromatic rings. The number of rotatable bonds is 5. The van der Waals surface area contributed by atoms with Crippen molar-refractivity contribution in [2.24, 2.45) is 0 Å². The predicted octanol–water partition coefficient (Wildman–Crippen LogP) is 6.21. The Morgan fingerprint density at radius 2 is 1.96 bits per heavy atom. The summed E-state index contributed by atoms with van der Waals surface area (Å²) < 4.78 is 53.2. The standard InChI is InChI=1S/C36H38F3N5O2/c1-2-24-27(38)7-4-19-12-23(45)14-25(30(19)24)26-13-20-5-9-29-28-8-6-22(40-28)17-44(29)34-31(20)33(32(26)39)41-35(42-34)46-18-36-10-3-11-43(36)16-21(37)15-36/h4,7,12-14,21-22,28-29,40,45H,2-3,5-6,8-11,15-18H2,1H3/t21-,22-,28+,29-,36+/m1/s1. The van der Waals surface area contributed by atoms with Crippen LogP contribution in [0.25, 0.3) is 32.8 Å². The van der Waals surface area contributed by atoms with Crippen LogP contribution in [-0.2, 0) is 12.8 Å². The summed E-state index contributed by atoms with van der Waals surface area (Å²) in [6, 6.07) is 8.97. The topological polar surface area (TPSA) is 73.8 Å². The first-order valence-corrected chi connectivity index (χ1v) is 16.8. The van der Waals surface area contributed by atoms with E-state index in [0.717, 1.165) is 50.8 Å². The SMILES string of the molecule is CCc1c(F)ccc2cc(O)cc(-c3cc4c5c(nc(OC[C@@]67CCCN6C[C@H](F)C7)nc5c3F)N3C[C@H]5CC[C@H](N5)[C@H]3CC4)c12. The van der Waals surface area contributed by atoms with E-state index >= 15 is 8.78 Å². The molecule has 7 nitrogen and oxygen atoms in total. The van der Waals surface area contributed by atoms with E-state index in [1.54, 1.807) is 12.1 Å². The minimum Gasteiger partial charge on any atom is -0.508 e. The number of benzene rings is 3. The van der Waals surface area contributed by atoms with Crippen molar-refractivity contribution in [3.8, 4) is 22.9 Å². The molecule has 9 rings (SSSR count). The molecule has 5 aliphatic rings. The summed E-state index contributed by atoms with van der Waals surface area (Å²) in [6.07, 6.45) is 5.53. The number of nitrogens with zero attached hydrogens (tertiary/aromatic N) is 4. The number of hydrogen-bond donors (Lipinski definition) is 2. The number of nitrogens with one attached hydrogen (secondary N) is 1. The summed E-state index contributed by atoms with van der Waals surface area (Å²) in [4.78, 5) is 14.3. The predicted molar refractivity (Wildman–Crippen MR) is 171 cm³/mol. The lowest BCUT2D eigenvalue weighted by Gasteiger charge is -2.41. The number of phenolic OH excluding ortho intramolecular Hbond substituents is 1. The number of aromatic nitrogens is 2. The highest BCUT2D eigenvalue weighted by Crippen LogP contribution is 2.46. The average Bonchev–Trinajstić information content (AvgIpc) is 3.68. The van der Waals surface area contributed by atoms with E-state index in [0.29, 0.717) is 71.0 Å². The second-order valence-corrected chi connectivity index (χ2v) is 14.1. The summed E-state index contributed by atoms with van der Waals surface area (Å²) >= 11 is 0. The van der Waals surface area contributed by atoms with Gasteiger partial charge in [-0.3, -0.25) is 4.90 Å². The minimum absolute atomic E-state index is 0.0174. The molecule has 4 saturated heterocycles. The summed E-state index contributed by atoms with van der Waals surface area (Å²) in [5.41, 5.74) is 1.90. The van der Waals surface area contributed by atoms with Crippen molar-refractivity contribution in [3.05, 3.63) is 53.1 Å². The van der Waals surface area contributed by atoms with Gasteiger partial charge in [-0.25, -0.2) is 13.2 Å². The third-order valence-electron chi connectivity index (χ3n) is 11.5. The van der Waals surface area contributed by atoms with E-state index in [4.69, 9.17) is 14.7 Å². The van der Waals surface area contributed by atoms with Gasteiger partial charge in [-0.2, -0.15) is 9.97 Å². The molecule has 2 bridgehead atoms. The Hall–Kier alpha value is -3.63. The van der Waals surface area contributed by atoms with Crippen molar-refractivity contribution in [2.75, 3.05) is 31.1 Å². The van der Waals surface area contributed by atoms with Gasteiger partial charge < -0.3 is 20.1 Å². The minimum atomic E-state index is -0.888. The third-order valence-corrected chi connectivity index (χ3v) is 11.5. The molecule has 4 fully saturated rings. The Bertz CT molecular complexity index is 1900. The molecule has 0 spiro atoms. The Morgan fingerprint density at radius 1 is 1.07 bits per heavy atom. The van der Waals surface area contributed by atoms with Gasteiger partial charge in [0, 0.05) is 48.6 Å². The smallest absolute Gasteiger partial charge is 0.319 e. The van der Waals surface area contributed by atoms with Crippen molar-refractivity contribution < 1.29 is 23.0 Å². The fourth-order valence-electron chi connectivity index (χ4n) is 9.48. The molecule has 0 amide bonds. The van der Waals surface area contributed by atoms with Gasteiger partial charge in [0.15, 0.2) is 5.82 Å². The number of piperazine rings is 1. The maximum Gasteiger partial charge on any atom is 0.319 e. The number of aromatic hydroxyl groups is 1. The second kappa shape index (κ2) is 10.4. The van der Waals surface area contributed by atoms with Crippen molar-refractivity contribution in [1.82, 2.24) is 20.2 Å². The Labute approximate surface area is 265 Å². The molecule has 0 aliphatic carbocycles. The van der Waals surface area contributed by atoms with E-state index in [1.165, 1.54) is 12.1 Å². The molecule has 5 aliphatic heterocycles. The summed E-state index contributed by atoms with van der Waals surface area (Å²) in [5, 5.41) is 16.4. The van der Waals surface area contributed by atoms with Gasteiger partial charge in [0.1, 0.15) is 35.7 Å². The zero-order chi connectivity index (χ0) is 31.3. The highest BCUT2D eigenvalue weighted by atomic mass is 19.1. The Balaban J connectivity index is 1.24. The van der Waals surface area contributed by atoms with E-state index in [-0.39, 0.29) is 41.3 Å². The second-order valence-electron chi connectivity index (χ2n) is 14.1. The highest BCUT2D eigenvalue weighted by molar-refractivity contribution is 6.04. The van der Waals surface area contributed by atoms with E-state index in [2.05, 4.69) is 15.1 Å². The highest BCUT2D eigenvalue weighted by Gasteiger charge is 2.49. The van der Waals surface area contributed by atoms with Crippen LogP contribution in [0.3, 0.4) is 0 Å². The van der Waals surface area contributed by atoms with Crippen molar-refractivity contribution >= 4 is 27.5 Å². The molecular formula is C36H38F3N5O2. The molecular weight excluding hydrogens is 591 g/mol. The van der Waals surface area contributed by atoms with Crippen molar-refractivity contribution in [1.29, 1.82) is 0 Å². The van der Waals surface area contributed by atoms with Crippen LogP contribution in [0.2, 0.25) is 0 Å². The van der Waals surface area contributed by atoms with Gasteiger partial charge in [0.05, 0.1) is 5.54 Å².